The summed E-state index contributed by atoms with van der Waals surface area (Å²) in [6, 6.07) is 17.2. The van der Waals surface area contributed by atoms with Gasteiger partial charge < -0.3 is 13.6 Å². The van der Waals surface area contributed by atoms with Crippen LogP contribution in [0.2, 0.25) is 0 Å². The number of rotatable bonds is 5. The van der Waals surface area contributed by atoms with Crippen LogP contribution in [0.5, 0.6) is 0 Å². The van der Waals surface area contributed by atoms with E-state index in [4.69, 9.17) is 4.42 Å². The first-order valence-corrected chi connectivity index (χ1v) is 10.4. The predicted molar refractivity (Wildman–Crippen MR) is 122 cm³/mol. The number of hydrogen-bond acceptors (Lipinski definition) is 3. The van der Waals surface area contributed by atoms with Crippen LogP contribution in [-0.4, -0.2) is 20.9 Å². The van der Waals surface area contributed by atoms with Crippen molar-refractivity contribution in [1.82, 2.24) is 20.0 Å². The Morgan fingerprint density at radius 2 is 1.44 bits per heavy atom. The van der Waals surface area contributed by atoms with E-state index in [-0.39, 0.29) is 11.8 Å². The lowest BCUT2D eigenvalue weighted by molar-refractivity contribution is 0.0846. The van der Waals surface area contributed by atoms with Gasteiger partial charge in [0.25, 0.3) is 11.8 Å². The highest BCUT2D eigenvalue weighted by molar-refractivity contribution is 6.00. The van der Waals surface area contributed by atoms with E-state index in [1.165, 1.54) is 0 Å². The molecule has 164 valence electrons. The standard InChI is InChI=1S/C25H26N4O3/c1-16-13-22(18(3)28(16)15-21-11-8-12-32-21)24(30)26-27-25(31)23-14-17(2)29(19(23)4)20-9-6-5-7-10-20/h5-14H,15H2,1-4H3,(H,26,30)(H,27,31). The van der Waals surface area contributed by atoms with E-state index < -0.39 is 0 Å². The maximum absolute atomic E-state index is 12.8. The highest BCUT2D eigenvalue weighted by atomic mass is 16.3. The second-order valence-electron chi connectivity index (χ2n) is 7.81. The molecule has 0 aliphatic carbocycles. The molecule has 7 nitrogen and oxygen atoms in total. The van der Waals surface area contributed by atoms with Crippen LogP contribution < -0.4 is 10.9 Å². The number of amides is 2. The van der Waals surface area contributed by atoms with Gasteiger partial charge in [0, 0.05) is 28.5 Å². The number of para-hydroxylation sites is 1. The summed E-state index contributed by atoms with van der Waals surface area (Å²) in [6.07, 6.45) is 1.63. The fraction of sp³-hybridized carbons (Fsp3) is 0.200. The minimum Gasteiger partial charge on any atom is -0.467 e. The average molecular weight is 431 g/mol. The minimum atomic E-state index is -0.367. The highest BCUT2D eigenvalue weighted by Crippen LogP contribution is 2.21. The Morgan fingerprint density at radius 1 is 0.812 bits per heavy atom. The van der Waals surface area contributed by atoms with Gasteiger partial charge in [0.2, 0.25) is 0 Å². The highest BCUT2D eigenvalue weighted by Gasteiger charge is 2.20. The van der Waals surface area contributed by atoms with Crippen LogP contribution >= 0.6 is 0 Å². The molecule has 0 aliphatic rings. The molecular formula is C25H26N4O3. The van der Waals surface area contributed by atoms with Gasteiger partial charge in [-0.3, -0.25) is 20.4 Å². The smallest absolute Gasteiger partial charge is 0.271 e. The van der Waals surface area contributed by atoms with Crippen molar-refractivity contribution in [3.8, 4) is 5.69 Å². The van der Waals surface area contributed by atoms with E-state index >= 15 is 0 Å². The maximum Gasteiger partial charge on any atom is 0.271 e. The predicted octanol–water partition coefficient (Wildman–Crippen LogP) is 4.23. The van der Waals surface area contributed by atoms with Crippen LogP contribution in [0.1, 0.15) is 49.3 Å². The molecule has 2 amide bonds. The molecule has 0 unspecified atom stereocenters. The molecule has 2 N–H and O–H groups in total. The Morgan fingerprint density at radius 3 is 2.06 bits per heavy atom. The Labute approximate surface area is 186 Å². The second kappa shape index (κ2) is 8.63. The molecule has 0 aliphatic heterocycles. The lowest BCUT2D eigenvalue weighted by Crippen LogP contribution is -2.42. The third-order valence-electron chi connectivity index (χ3n) is 5.69. The van der Waals surface area contributed by atoms with Crippen LogP contribution in [0.4, 0.5) is 0 Å². The van der Waals surface area contributed by atoms with Crippen molar-refractivity contribution in [2.75, 3.05) is 0 Å². The van der Waals surface area contributed by atoms with E-state index in [0.717, 1.165) is 34.2 Å². The van der Waals surface area contributed by atoms with Gasteiger partial charge in [0.05, 0.1) is 23.9 Å². The molecule has 4 rings (SSSR count). The van der Waals surface area contributed by atoms with E-state index in [2.05, 4.69) is 10.9 Å². The molecule has 0 radical (unpaired) electrons. The Balaban J connectivity index is 1.48. The number of carbonyl (C=O) groups excluding carboxylic acids is 2. The molecule has 0 spiro atoms. The third-order valence-corrected chi connectivity index (χ3v) is 5.69. The van der Waals surface area contributed by atoms with Gasteiger partial charge in [-0.15, -0.1) is 0 Å². The first-order valence-electron chi connectivity index (χ1n) is 10.4. The average Bonchev–Trinajstić information content (AvgIpc) is 3.47. The largest absolute Gasteiger partial charge is 0.467 e. The van der Waals surface area contributed by atoms with E-state index in [1.54, 1.807) is 12.3 Å². The van der Waals surface area contributed by atoms with Gasteiger partial charge in [-0.25, -0.2) is 0 Å². The van der Waals surface area contributed by atoms with Gasteiger partial charge in [-0.05, 0) is 64.1 Å². The maximum atomic E-state index is 12.8. The van der Waals surface area contributed by atoms with Crippen LogP contribution in [0, 0.1) is 27.7 Å². The number of nitrogens with one attached hydrogen (secondary N) is 2. The zero-order valence-electron chi connectivity index (χ0n) is 18.6. The van der Waals surface area contributed by atoms with Gasteiger partial charge in [-0.2, -0.15) is 0 Å². The number of furan rings is 1. The topological polar surface area (TPSA) is 81.2 Å². The van der Waals surface area contributed by atoms with Gasteiger partial charge in [0.15, 0.2) is 0 Å². The molecule has 1 aromatic carbocycles. The fourth-order valence-electron chi connectivity index (χ4n) is 4.05. The van der Waals surface area contributed by atoms with Crippen LogP contribution in [-0.2, 0) is 6.54 Å². The van der Waals surface area contributed by atoms with Crippen molar-refractivity contribution >= 4 is 11.8 Å². The van der Waals surface area contributed by atoms with Gasteiger partial charge in [-0.1, -0.05) is 18.2 Å². The summed E-state index contributed by atoms with van der Waals surface area (Å²) in [4.78, 5) is 25.6. The molecule has 0 atom stereocenters. The normalized spacial score (nSPS) is 10.9. The van der Waals surface area contributed by atoms with Crippen molar-refractivity contribution in [1.29, 1.82) is 0 Å². The third kappa shape index (κ3) is 3.97. The van der Waals surface area contributed by atoms with Crippen molar-refractivity contribution in [2.24, 2.45) is 0 Å². The number of nitrogens with zero attached hydrogens (tertiary/aromatic N) is 2. The quantitative estimate of drug-likeness (QED) is 0.465. The van der Waals surface area contributed by atoms with Gasteiger partial charge in [0.1, 0.15) is 5.76 Å². The van der Waals surface area contributed by atoms with Crippen LogP contribution in [0.15, 0.2) is 65.3 Å². The summed E-state index contributed by atoms with van der Waals surface area (Å²) in [5.74, 6) is 0.0767. The number of benzene rings is 1. The Hall–Kier alpha value is -4.00. The summed E-state index contributed by atoms with van der Waals surface area (Å²) < 4.78 is 9.44. The number of aryl methyl sites for hydroxylation is 2. The summed E-state index contributed by atoms with van der Waals surface area (Å²) in [5, 5.41) is 0. The van der Waals surface area contributed by atoms with Gasteiger partial charge >= 0.3 is 0 Å². The van der Waals surface area contributed by atoms with Crippen molar-refractivity contribution in [2.45, 2.75) is 34.2 Å². The molecule has 4 aromatic rings. The van der Waals surface area contributed by atoms with Crippen molar-refractivity contribution in [3.05, 3.63) is 101 Å². The number of hydrazine groups is 1. The molecule has 0 bridgehead atoms. The lowest BCUT2D eigenvalue weighted by atomic mass is 10.2. The monoisotopic (exact) mass is 430 g/mol. The molecule has 0 saturated carbocycles. The molecule has 0 fully saturated rings. The molecule has 3 heterocycles. The second-order valence-corrected chi connectivity index (χ2v) is 7.81. The Bertz CT molecular complexity index is 1260. The molecule has 3 aromatic heterocycles. The van der Waals surface area contributed by atoms with E-state index in [0.29, 0.717) is 17.7 Å². The minimum absolute atomic E-state index is 0.363. The molecule has 0 saturated heterocycles. The van der Waals surface area contributed by atoms with Crippen molar-refractivity contribution in [3.63, 3.8) is 0 Å². The van der Waals surface area contributed by atoms with E-state index in [9.17, 15) is 9.59 Å². The van der Waals surface area contributed by atoms with Crippen LogP contribution in [0.3, 0.4) is 0 Å². The lowest BCUT2D eigenvalue weighted by Gasteiger charge is -2.11. The van der Waals surface area contributed by atoms with Crippen molar-refractivity contribution < 1.29 is 14.0 Å². The SMILES string of the molecule is Cc1cc(C(=O)NNC(=O)c2cc(C)n(-c3ccccc3)c2C)c(C)n1Cc1ccco1. The molecule has 7 heteroatoms. The fourth-order valence-corrected chi connectivity index (χ4v) is 4.05. The zero-order valence-corrected chi connectivity index (χ0v) is 18.6. The number of aromatic nitrogens is 2. The molecule has 32 heavy (non-hydrogen) atoms. The summed E-state index contributed by atoms with van der Waals surface area (Å²) in [6.45, 7) is 8.18. The van der Waals surface area contributed by atoms with E-state index in [1.807, 2.05) is 85.4 Å². The summed E-state index contributed by atoms with van der Waals surface area (Å²) >= 11 is 0. The van der Waals surface area contributed by atoms with Crippen LogP contribution in [0.25, 0.3) is 5.69 Å². The first kappa shape index (κ1) is 21.2. The zero-order chi connectivity index (χ0) is 22.8. The first-order chi connectivity index (χ1) is 15.4. The Kier molecular flexibility index (Phi) is 5.73. The number of hydrogen-bond donors (Lipinski definition) is 2. The summed E-state index contributed by atoms with van der Waals surface area (Å²) in [5.41, 5.74) is 10.6. The molecular weight excluding hydrogens is 404 g/mol. The number of carbonyl (C=O) groups is 2. The summed E-state index contributed by atoms with van der Waals surface area (Å²) in [7, 11) is 0.